The summed E-state index contributed by atoms with van der Waals surface area (Å²) in [5.41, 5.74) is 1.99. The number of carbonyl (C=O) groups excluding carboxylic acids is 1. The maximum Gasteiger partial charge on any atom is 0.319 e. The first-order valence-electron chi connectivity index (χ1n) is 9.62. The van der Waals surface area contributed by atoms with Crippen LogP contribution in [0.2, 0.25) is 0 Å². The Labute approximate surface area is 151 Å². The zero-order valence-corrected chi connectivity index (χ0v) is 15.5. The molecule has 2 amide bonds. The third-order valence-corrected chi connectivity index (χ3v) is 5.55. The Kier molecular flexibility index (Phi) is 6.19. The van der Waals surface area contributed by atoms with Crippen LogP contribution < -0.4 is 15.5 Å². The predicted octanol–water partition coefficient (Wildman–Crippen LogP) is 4.00. The number of benzene rings is 1. The molecule has 0 spiro atoms. The van der Waals surface area contributed by atoms with Gasteiger partial charge in [-0.2, -0.15) is 0 Å². The maximum absolute atomic E-state index is 12.4. The van der Waals surface area contributed by atoms with Crippen LogP contribution in [0.5, 0.6) is 0 Å². The summed E-state index contributed by atoms with van der Waals surface area (Å²) in [6.45, 7) is 3.60. The van der Waals surface area contributed by atoms with Crippen molar-refractivity contribution in [1.82, 2.24) is 5.32 Å². The lowest BCUT2D eigenvalue weighted by Gasteiger charge is -2.29. The van der Waals surface area contributed by atoms with Crippen molar-refractivity contribution in [3.05, 3.63) is 24.3 Å². The van der Waals surface area contributed by atoms with Crippen LogP contribution in [-0.4, -0.2) is 38.4 Å². The lowest BCUT2D eigenvalue weighted by molar-refractivity contribution is 0.00354. The fourth-order valence-electron chi connectivity index (χ4n) is 4.06. The lowest BCUT2D eigenvalue weighted by atomic mass is 9.96. The van der Waals surface area contributed by atoms with Gasteiger partial charge in [-0.05, 0) is 50.7 Å². The summed E-state index contributed by atoms with van der Waals surface area (Å²) in [4.78, 5) is 14.7. The lowest BCUT2D eigenvalue weighted by Crippen LogP contribution is -2.37. The highest BCUT2D eigenvalue weighted by Gasteiger charge is 2.22. The van der Waals surface area contributed by atoms with Crippen LogP contribution in [0.3, 0.4) is 0 Å². The Morgan fingerprint density at radius 2 is 2.00 bits per heavy atom. The molecule has 1 aromatic carbocycles. The molecule has 2 fully saturated rings. The van der Waals surface area contributed by atoms with Crippen LogP contribution in [0.25, 0.3) is 0 Å². The van der Waals surface area contributed by atoms with Crippen molar-refractivity contribution in [1.29, 1.82) is 0 Å². The number of nitrogens with zero attached hydrogens (tertiary/aromatic N) is 1. The van der Waals surface area contributed by atoms with Crippen molar-refractivity contribution >= 4 is 17.4 Å². The van der Waals surface area contributed by atoms with E-state index >= 15 is 0 Å². The third-order valence-electron chi connectivity index (χ3n) is 5.55. The first-order valence-corrected chi connectivity index (χ1v) is 9.62. The van der Waals surface area contributed by atoms with Crippen molar-refractivity contribution in [3.63, 3.8) is 0 Å². The number of nitrogens with one attached hydrogen (secondary N) is 2. The van der Waals surface area contributed by atoms with Crippen LogP contribution in [0, 0.1) is 5.92 Å². The molecule has 3 rings (SSSR count). The van der Waals surface area contributed by atoms with E-state index in [9.17, 15) is 4.79 Å². The number of hydrogen-bond donors (Lipinski definition) is 2. The molecule has 0 radical (unpaired) electrons. The first kappa shape index (κ1) is 18.1. The summed E-state index contributed by atoms with van der Waals surface area (Å²) < 4.78 is 5.57. The Morgan fingerprint density at radius 3 is 2.76 bits per heavy atom. The molecule has 1 aliphatic heterocycles. The Bertz CT molecular complexity index is 572. The predicted molar refractivity (Wildman–Crippen MR) is 102 cm³/mol. The van der Waals surface area contributed by atoms with E-state index < -0.39 is 0 Å². The summed E-state index contributed by atoms with van der Waals surface area (Å²) >= 11 is 0. The fraction of sp³-hybridized carbons (Fsp3) is 0.650. The molecular formula is C20H31N3O2. The van der Waals surface area contributed by atoms with Gasteiger partial charge in [0.2, 0.25) is 0 Å². The van der Waals surface area contributed by atoms with Gasteiger partial charge < -0.3 is 20.3 Å². The van der Waals surface area contributed by atoms with Crippen LogP contribution >= 0.6 is 0 Å². The van der Waals surface area contributed by atoms with Gasteiger partial charge in [-0.15, -0.1) is 0 Å². The van der Waals surface area contributed by atoms with E-state index in [2.05, 4.69) is 35.6 Å². The number of urea groups is 1. The minimum absolute atomic E-state index is 0.119. The van der Waals surface area contributed by atoms with E-state index in [1.165, 1.54) is 25.7 Å². The Balaban J connectivity index is 1.55. The molecule has 5 nitrogen and oxygen atoms in total. The zero-order valence-electron chi connectivity index (χ0n) is 15.5. The van der Waals surface area contributed by atoms with Crippen molar-refractivity contribution in [2.45, 2.75) is 57.6 Å². The number of ether oxygens (including phenoxy) is 1. The largest absolute Gasteiger partial charge is 0.378 e. The van der Waals surface area contributed by atoms with Gasteiger partial charge in [0.15, 0.2) is 0 Å². The van der Waals surface area contributed by atoms with Gasteiger partial charge in [0.05, 0.1) is 17.5 Å². The highest BCUT2D eigenvalue weighted by molar-refractivity contribution is 5.93. The fourth-order valence-corrected chi connectivity index (χ4v) is 4.06. The molecular weight excluding hydrogens is 314 g/mol. The second-order valence-corrected chi connectivity index (χ2v) is 7.47. The van der Waals surface area contributed by atoms with Gasteiger partial charge in [0.25, 0.3) is 0 Å². The first-order chi connectivity index (χ1) is 12.1. The minimum atomic E-state index is -0.119. The quantitative estimate of drug-likeness (QED) is 0.848. The molecule has 1 saturated carbocycles. The standard InChI is InChI=1S/C20H31N3O2/c1-15-13-16(11-12-25-15)14-21-20(24)22-18-9-5-6-10-19(18)23(2)17-7-3-4-8-17/h5-6,9-10,15-17H,3-4,7-8,11-14H2,1-2H3,(H2,21,22,24). The summed E-state index contributed by atoms with van der Waals surface area (Å²) in [7, 11) is 2.14. The molecule has 1 saturated heterocycles. The Hall–Kier alpha value is -1.75. The molecule has 2 atom stereocenters. The minimum Gasteiger partial charge on any atom is -0.378 e. The number of carbonyl (C=O) groups is 1. The summed E-state index contributed by atoms with van der Waals surface area (Å²) in [6.07, 6.45) is 7.40. The molecule has 25 heavy (non-hydrogen) atoms. The second kappa shape index (κ2) is 8.56. The van der Waals surface area contributed by atoms with Crippen molar-refractivity contribution in [2.75, 3.05) is 30.4 Å². The monoisotopic (exact) mass is 345 g/mol. The number of anilines is 2. The Morgan fingerprint density at radius 1 is 1.24 bits per heavy atom. The highest BCUT2D eigenvalue weighted by atomic mass is 16.5. The van der Waals surface area contributed by atoms with Gasteiger partial charge in [-0.1, -0.05) is 25.0 Å². The van der Waals surface area contributed by atoms with Gasteiger partial charge in [0.1, 0.15) is 0 Å². The van der Waals surface area contributed by atoms with Gasteiger partial charge in [0, 0.05) is 26.2 Å². The summed E-state index contributed by atoms with van der Waals surface area (Å²) in [6, 6.07) is 8.54. The molecule has 1 heterocycles. The number of hydrogen-bond acceptors (Lipinski definition) is 3. The second-order valence-electron chi connectivity index (χ2n) is 7.47. The molecule has 1 aromatic rings. The van der Waals surface area contributed by atoms with Gasteiger partial charge in [-0.3, -0.25) is 0 Å². The topological polar surface area (TPSA) is 53.6 Å². The van der Waals surface area contributed by atoms with E-state index in [1.54, 1.807) is 0 Å². The van der Waals surface area contributed by atoms with E-state index in [-0.39, 0.29) is 6.03 Å². The average Bonchev–Trinajstić information content (AvgIpc) is 3.15. The average molecular weight is 345 g/mol. The highest BCUT2D eigenvalue weighted by Crippen LogP contribution is 2.31. The van der Waals surface area contributed by atoms with E-state index in [0.29, 0.717) is 24.6 Å². The zero-order chi connectivity index (χ0) is 17.6. The molecule has 2 aliphatic rings. The molecule has 0 aromatic heterocycles. The van der Waals surface area contributed by atoms with Gasteiger partial charge >= 0.3 is 6.03 Å². The molecule has 1 aliphatic carbocycles. The van der Waals surface area contributed by atoms with Crippen molar-refractivity contribution < 1.29 is 9.53 Å². The molecule has 2 unspecified atom stereocenters. The normalized spacial score (nSPS) is 24.1. The summed E-state index contributed by atoms with van der Waals surface area (Å²) in [5.74, 6) is 0.505. The van der Waals surface area contributed by atoms with Crippen LogP contribution in [0.1, 0.15) is 45.4 Å². The molecule has 138 valence electrons. The van der Waals surface area contributed by atoms with Crippen LogP contribution in [0.15, 0.2) is 24.3 Å². The van der Waals surface area contributed by atoms with Crippen molar-refractivity contribution in [2.24, 2.45) is 5.92 Å². The number of rotatable bonds is 5. The SMILES string of the molecule is CC1CC(CNC(=O)Nc2ccccc2N(C)C2CCCC2)CCO1. The van der Waals surface area contributed by atoms with E-state index in [0.717, 1.165) is 30.8 Å². The number of amides is 2. The van der Waals surface area contributed by atoms with Gasteiger partial charge in [-0.25, -0.2) is 4.79 Å². The van der Waals surface area contributed by atoms with E-state index in [1.807, 2.05) is 18.2 Å². The molecule has 0 bridgehead atoms. The molecule has 2 N–H and O–H groups in total. The third kappa shape index (κ3) is 4.88. The van der Waals surface area contributed by atoms with E-state index in [4.69, 9.17) is 4.74 Å². The number of para-hydroxylation sites is 2. The van der Waals surface area contributed by atoms with Crippen LogP contribution in [0.4, 0.5) is 16.2 Å². The maximum atomic E-state index is 12.4. The molecule has 5 heteroatoms. The smallest absolute Gasteiger partial charge is 0.319 e. The van der Waals surface area contributed by atoms with Crippen LogP contribution in [-0.2, 0) is 4.74 Å². The summed E-state index contributed by atoms with van der Waals surface area (Å²) in [5, 5.41) is 6.08. The van der Waals surface area contributed by atoms with Crippen molar-refractivity contribution in [3.8, 4) is 0 Å².